The van der Waals surface area contributed by atoms with Crippen LogP contribution in [0.15, 0.2) is 30.3 Å². The lowest BCUT2D eigenvalue weighted by Crippen LogP contribution is -2.29. The molecule has 0 spiro atoms. The number of carbonyl (C=O) groups is 1. The molecular weight excluding hydrogens is 262 g/mol. The van der Waals surface area contributed by atoms with E-state index in [1.807, 2.05) is 37.3 Å². The van der Waals surface area contributed by atoms with E-state index in [2.05, 4.69) is 9.69 Å². The van der Waals surface area contributed by atoms with Gasteiger partial charge in [0, 0.05) is 18.7 Å². The van der Waals surface area contributed by atoms with E-state index in [9.17, 15) is 4.79 Å². The number of amides is 2. The summed E-state index contributed by atoms with van der Waals surface area (Å²) >= 11 is 1.24. The molecule has 0 unspecified atom stereocenters. The molecule has 0 saturated carbocycles. The van der Waals surface area contributed by atoms with Crippen LogP contribution in [-0.2, 0) is 4.84 Å². The first-order valence-electron chi connectivity index (χ1n) is 5.72. The first-order chi connectivity index (χ1) is 9.10. The Bertz CT molecular complexity index is 566. The van der Waals surface area contributed by atoms with Crippen LogP contribution in [0.5, 0.6) is 0 Å². The molecule has 6 heteroatoms. The molecule has 19 heavy (non-hydrogen) atoms. The number of benzene rings is 1. The number of aryl methyl sites for hydroxylation is 1. The van der Waals surface area contributed by atoms with Gasteiger partial charge in [0.15, 0.2) is 0 Å². The van der Waals surface area contributed by atoms with Crippen LogP contribution in [0.3, 0.4) is 0 Å². The Morgan fingerprint density at radius 3 is 2.68 bits per heavy atom. The van der Waals surface area contributed by atoms with Crippen molar-refractivity contribution in [2.75, 3.05) is 19.5 Å². The van der Waals surface area contributed by atoms with Crippen molar-refractivity contribution in [2.45, 2.75) is 6.92 Å². The minimum atomic E-state index is -0.332. The van der Waals surface area contributed by atoms with Gasteiger partial charge in [-0.2, -0.15) is 4.37 Å². The number of carbonyl (C=O) groups excluding carboxylic acids is 1. The lowest BCUT2D eigenvalue weighted by molar-refractivity contribution is -0.0597. The van der Waals surface area contributed by atoms with E-state index in [4.69, 9.17) is 4.84 Å². The summed E-state index contributed by atoms with van der Waals surface area (Å²) in [5.41, 5.74) is 3.08. The van der Waals surface area contributed by atoms with Gasteiger partial charge < -0.3 is 0 Å². The van der Waals surface area contributed by atoms with E-state index >= 15 is 0 Å². The normalized spacial score (nSPS) is 10.3. The molecule has 5 nitrogen and oxygen atoms in total. The highest BCUT2D eigenvalue weighted by Gasteiger charge is 2.10. The van der Waals surface area contributed by atoms with Crippen molar-refractivity contribution in [1.29, 1.82) is 0 Å². The van der Waals surface area contributed by atoms with Crippen molar-refractivity contribution in [3.63, 3.8) is 0 Å². The summed E-state index contributed by atoms with van der Waals surface area (Å²) in [7, 11) is 2.97. The fraction of sp³-hybridized carbons (Fsp3) is 0.231. The number of hydrogen-bond donors (Lipinski definition) is 1. The molecule has 0 saturated heterocycles. The Hall–Kier alpha value is -1.92. The molecule has 2 aromatic rings. The summed E-state index contributed by atoms with van der Waals surface area (Å²) in [6, 6.07) is 9.60. The second-order valence-electron chi connectivity index (χ2n) is 4.05. The summed E-state index contributed by atoms with van der Waals surface area (Å²) in [4.78, 5) is 16.4. The van der Waals surface area contributed by atoms with E-state index in [1.54, 1.807) is 0 Å². The van der Waals surface area contributed by atoms with Gasteiger partial charge in [0.1, 0.15) is 5.00 Å². The molecule has 2 amide bonds. The summed E-state index contributed by atoms with van der Waals surface area (Å²) in [6.07, 6.45) is 0. The topological polar surface area (TPSA) is 54.5 Å². The second-order valence-corrected chi connectivity index (χ2v) is 4.86. The minimum absolute atomic E-state index is 0.332. The molecule has 1 N–H and O–H groups in total. The number of aromatic nitrogens is 1. The van der Waals surface area contributed by atoms with E-state index in [-0.39, 0.29) is 6.03 Å². The Balaban J connectivity index is 2.11. The summed E-state index contributed by atoms with van der Waals surface area (Å²) in [6.45, 7) is 2.04. The van der Waals surface area contributed by atoms with Gasteiger partial charge in [-0.05, 0) is 18.5 Å². The zero-order valence-electron chi connectivity index (χ0n) is 11.0. The standard InChI is InChI=1S/C13H15N3O2S/c1-9-4-6-10(7-5-9)11-8-12(19-15-11)14-13(17)16(2)18-3/h4-8H,1-3H3,(H,14,17). The maximum absolute atomic E-state index is 11.6. The molecule has 0 bridgehead atoms. The Morgan fingerprint density at radius 1 is 1.37 bits per heavy atom. The van der Waals surface area contributed by atoms with Crippen LogP contribution in [0, 0.1) is 6.92 Å². The third-order valence-electron chi connectivity index (χ3n) is 2.65. The monoisotopic (exact) mass is 277 g/mol. The third-order valence-corrected chi connectivity index (χ3v) is 3.35. The average molecular weight is 277 g/mol. The van der Waals surface area contributed by atoms with Crippen LogP contribution >= 0.6 is 11.5 Å². The highest BCUT2D eigenvalue weighted by atomic mass is 32.1. The van der Waals surface area contributed by atoms with Crippen molar-refractivity contribution in [2.24, 2.45) is 0 Å². The molecule has 0 fully saturated rings. The van der Waals surface area contributed by atoms with Crippen LogP contribution in [0.4, 0.5) is 9.80 Å². The predicted molar refractivity (Wildman–Crippen MR) is 76.1 cm³/mol. The lowest BCUT2D eigenvalue weighted by Gasteiger charge is -2.12. The van der Waals surface area contributed by atoms with E-state index < -0.39 is 0 Å². The smallest absolute Gasteiger partial charge is 0.296 e. The molecule has 0 aliphatic rings. The van der Waals surface area contributed by atoms with Gasteiger partial charge in [-0.3, -0.25) is 10.2 Å². The van der Waals surface area contributed by atoms with Crippen molar-refractivity contribution in [3.8, 4) is 11.3 Å². The number of rotatable bonds is 3. The minimum Gasteiger partial charge on any atom is -0.296 e. The Kier molecular flexibility index (Phi) is 4.13. The van der Waals surface area contributed by atoms with Crippen molar-refractivity contribution in [3.05, 3.63) is 35.9 Å². The Labute approximate surface area is 115 Å². The maximum Gasteiger partial charge on any atom is 0.346 e. The largest absolute Gasteiger partial charge is 0.346 e. The third kappa shape index (κ3) is 3.30. The number of urea groups is 1. The Morgan fingerprint density at radius 2 is 2.05 bits per heavy atom. The molecule has 0 atom stereocenters. The second kappa shape index (κ2) is 5.81. The van der Waals surface area contributed by atoms with Crippen LogP contribution < -0.4 is 5.32 Å². The molecule has 100 valence electrons. The SMILES string of the molecule is CON(C)C(=O)Nc1cc(-c2ccc(C)cc2)ns1. The van der Waals surface area contributed by atoms with Gasteiger partial charge in [0.2, 0.25) is 0 Å². The average Bonchev–Trinajstić information content (AvgIpc) is 2.87. The fourth-order valence-corrected chi connectivity index (χ4v) is 2.11. The first kappa shape index (κ1) is 13.5. The number of nitrogens with zero attached hydrogens (tertiary/aromatic N) is 2. The summed E-state index contributed by atoms with van der Waals surface area (Å²) < 4.78 is 4.32. The van der Waals surface area contributed by atoms with Gasteiger partial charge >= 0.3 is 6.03 Å². The van der Waals surface area contributed by atoms with Crippen LogP contribution in [-0.4, -0.2) is 29.6 Å². The van der Waals surface area contributed by atoms with Crippen LogP contribution in [0.1, 0.15) is 5.56 Å². The molecule has 0 aliphatic carbocycles. The summed E-state index contributed by atoms with van der Waals surface area (Å²) in [5, 5.41) is 4.51. The highest BCUT2D eigenvalue weighted by Crippen LogP contribution is 2.25. The van der Waals surface area contributed by atoms with Gasteiger partial charge in [0.25, 0.3) is 0 Å². The van der Waals surface area contributed by atoms with Crippen molar-refractivity contribution in [1.82, 2.24) is 9.44 Å². The molecule has 0 radical (unpaired) electrons. The molecule has 0 aliphatic heterocycles. The van der Waals surface area contributed by atoms with Gasteiger partial charge in [-0.15, -0.1) is 0 Å². The maximum atomic E-state index is 11.6. The van der Waals surface area contributed by atoms with Gasteiger partial charge in [-0.25, -0.2) is 9.86 Å². The zero-order chi connectivity index (χ0) is 13.8. The summed E-state index contributed by atoms with van der Waals surface area (Å²) in [5.74, 6) is 0. The zero-order valence-corrected chi connectivity index (χ0v) is 11.8. The van der Waals surface area contributed by atoms with Crippen molar-refractivity contribution >= 4 is 22.6 Å². The molecule has 1 aromatic heterocycles. The van der Waals surface area contributed by atoms with Gasteiger partial charge in [0.05, 0.1) is 12.8 Å². The molecular formula is C13H15N3O2S. The number of anilines is 1. The molecule has 2 rings (SSSR count). The van der Waals surface area contributed by atoms with Crippen LogP contribution in [0.25, 0.3) is 11.3 Å². The van der Waals surface area contributed by atoms with E-state index in [1.165, 1.54) is 31.3 Å². The molecule has 1 aromatic carbocycles. The predicted octanol–water partition coefficient (Wildman–Crippen LogP) is 3.14. The number of nitrogens with one attached hydrogen (secondary N) is 1. The number of hydrogen-bond acceptors (Lipinski definition) is 4. The van der Waals surface area contributed by atoms with Gasteiger partial charge in [-0.1, -0.05) is 29.8 Å². The first-order valence-corrected chi connectivity index (χ1v) is 6.50. The van der Waals surface area contributed by atoms with E-state index in [0.29, 0.717) is 5.00 Å². The van der Waals surface area contributed by atoms with E-state index in [0.717, 1.165) is 16.3 Å². The van der Waals surface area contributed by atoms with Crippen LogP contribution in [0.2, 0.25) is 0 Å². The quantitative estimate of drug-likeness (QED) is 0.877. The van der Waals surface area contributed by atoms with Crippen molar-refractivity contribution < 1.29 is 9.63 Å². The molecule has 1 heterocycles. The highest BCUT2D eigenvalue weighted by molar-refractivity contribution is 7.10. The number of hydroxylamine groups is 2. The lowest BCUT2D eigenvalue weighted by atomic mass is 10.1. The fourth-order valence-electron chi connectivity index (χ4n) is 1.46.